The van der Waals surface area contributed by atoms with Gasteiger partial charge >= 0.3 is 6.18 Å². The van der Waals surface area contributed by atoms with E-state index in [9.17, 15) is 18.0 Å². The van der Waals surface area contributed by atoms with Gasteiger partial charge in [0.25, 0.3) is 5.78 Å². The highest BCUT2D eigenvalue weighted by molar-refractivity contribution is 5.73. The van der Waals surface area contributed by atoms with Gasteiger partial charge in [0.2, 0.25) is 5.82 Å². The Morgan fingerprint density at radius 3 is 2.67 bits per heavy atom. The van der Waals surface area contributed by atoms with E-state index in [4.69, 9.17) is 0 Å². The Morgan fingerprint density at radius 1 is 1.33 bits per heavy atom. The minimum Gasteiger partial charge on any atom is -0.298 e. The molecule has 0 bridgehead atoms. The van der Waals surface area contributed by atoms with Gasteiger partial charge in [-0.25, -0.2) is 4.98 Å². The average Bonchev–Trinajstić information content (AvgIpc) is 2.59. The van der Waals surface area contributed by atoms with Crippen LogP contribution in [0.2, 0.25) is 0 Å². The second-order valence-corrected chi connectivity index (χ2v) is 2.70. The van der Waals surface area contributed by atoms with Crippen LogP contribution in [0.4, 0.5) is 13.2 Å². The predicted molar refractivity (Wildman–Crippen MR) is 41.2 cm³/mol. The highest BCUT2D eigenvalue weighted by atomic mass is 19.4. The summed E-state index contributed by atoms with van der Waals surface area (Å²) < 4.78 is 37.7. The summed E-state index contributed by atoms with van der Waals surface area (Å²) in [6, 6.07) is 0. The molecule has 0 N–H and O–H groups in total. The molecule has 78 valence electrons. The summed E-state index contributed by atoms with van der Waals surface area (Å²) in [6.45, 7) is 0. The highest BCUT2D eigenvalue weighted by Crippen LogP contribution is 2.27. The van der Waals surface area contributed by atoms with Crippen LogP contribution in [0.3, 0.4) is 0 Å². The van der Waals surface area contributed by atoms with E-state index in [2.05, 4.69) is 15.2 Å². The number of nitrogens with zero attached hydrogens (tertiary/aromatic N) is 4. The van der Waals surface area contributed by atoms with Gasteiger partial charge in [0, 0.05) is 18.0 Å². The van der Waals surface area contributed by atoms with Gasteiger partial charge in [0.1, 0.15) is 0 Å². The van der Waals surface area contributed by atoms with E-state index < -0.39 is 12.0 Å². The van der Waals surface area contributed by atoms with Crippen LogP contribution in [0.25, 0.3) is 5.78 Å². The third-order valence-corrected chi connectivity index (χ3v) is 1.67. The lowest BCUT2D eigenvalue weighted by molar-refractivity contribution is -0.145. The van der Waals surface area contributed by atoms with Gasteiger partial charge < -0.3 is 0 Å². The number of halogens is 3. The Balaban J connectivity index is 2.72. The molecule has 2 aromatic heterocycles. The average molecular weight is 216 g/mol. The molecular formula is C7H3F3N4O. The van der Waals surface area contributed by atoms with E-state index in [1.165, 1.54) is 0 Å². The zero-order valence-corrected chi connectivity index (χ0v) is 7.06. The maximum atomic E-state index is 12.3. The lowest BCUT2D eigenvalue weighted by Crippen LogP contribution is -2.11. The lowest BCUT2D eigenvalue weighted by Gasteiger charge is -2.02. The molecule has 0 fully saturated rings. The first kappa shape index (κ1) is 9.56. The summed E-state index contributed by atoms with van der Waals surface area (Å²) >= 11 is 0. The second kappa shape index (κ2) is 3.01. The van der Waals surface area contributed by atoms with Gasteiger partial charge in [-0.3, -0.25) is 9.20 Å². The molecule has 0 unspecified atom stereocenters. The number of carbonyl (C=O) groups excluding carboxylic acids is 1. The van der Waals surface area contributed by atoms with Crippen molar-refractivity contribution >= 4 is 12.1 Å². The van der Waals surface area contributed by atoms with Gasteiger partial charge in [0.15, 0.2) is 6.29 Å². The Morgan fingerprint density at radius 2 is 2.07 bits per heavy atom. The van der Waals surface area contributed by atoms with Gasteiger partial charge in [-0.1, -0.05) is 0 Å². The molecule has 0 saturated carbocycles. The molecule has 0 atom stereocenters. The SMILES string of the molecule is O=Cc1cnc2nnc(C(F)(F)F)n2c1. The maximum Gasteiger partial charge on any atom is 0.452 e. The minimum atomic E-state index is -4.62. The standard InChI is InChI=1S/C7H3F3N4O/c8-7(9,10)5-12-13-6-11-1-4(3-15)2-14(5)6/h1-3H. The van der Waals surface area contributed by atoms with Crippen LogP contribution in [-0.4, -0.2) is 25.9 Å². The van der Waals surface area contributed by atoms with Gasteiger partial charge in [-0.05, 0) is 0 Å². The second-order valence-electron chi connectivity index (χ2n) is 2.70. The Kier molecular flexibility index (Phi) is 1.92. The van der Waals surface area contributed by atoms with Crippen molar-refractivity contribution in [3.63, 3.8) is 0 Å². The largest absolute Gasteiger partial charge is 0.452 e. The number of hydrogen-bond donors (Lipinski definition) is 0. The molecule has 15 heavy (non-hydrogen) atoms. The Hall–Kier alpha value is -1.99. The van der Waals surface area contributed by atoms with Crippen LogP contribution < -0.4 is 0 Å². The molecule has 0 radical (unpaired) electrons. The molecular weight excluding hydrogens is 213 g/mol. The van der Waals surface area contributed by atoms with Gasteiger partial charge in [-0.2, -0.15) is 13.2 Å². The van der Waals surface area contributed by atoms with Crippen molar-refractivity contribution in [1.82, 2.24) is 19.6 Å². The summed E-state index contributed by atoms with van der Waals surface area (Å²) in [6.07, 6.45) is -2.12. The molecule has 8 heteroatoms. The Labute approximate surface area is 80.6 Å². The van der Waals surface area contributed by atoms with Crippen LogP contribution in [0.5, 0.6) is 0 Å². The molecule has 0 aliphatic heterocycles. The molecule has 0 amide bonds. The molecule has 0 aliphatic rings. The number of alkyl halides is 3. The zero-order valence-electron chi connectivity index (χ0n) is 7.06. The normalized spacial score (nSPS) is 11.9. The van der Waals surface area contributed by atoms with Crippen molar-refractivity contribution in [2.24, 2.45) is 0 Å². The fourth-order valence-corrected chi connectivity index (χ4v) is 1.06. The summed E-state index contributed by atoms with van der Waals surface area (Å²) in [4.78, 5) is 13.9. The van der Waals surface area contributed by atoms with E-state index in [0.717, 1.165) is 12.4 Å². The number of hydrogen-bond acceptors (Lipinski definition) is 4. The first-order valence-corrected chi connectivity index (χ1v) is 3.75. The smallest absolute Gasteiger partial charge is 0.298 e. The number of rotatable bonds is 1. The monoisotopic (exact) mass is 216 g/mol. The lowest BCUT2D eigenvalue weighted by atomic mass is 10.4. The molecule has 0 saturated heterocycles. The fourth-order valence-electron chi connectivity index (χ4n) is 1.06. The third kappa shape index (κ3) is 1.53. The molecule has 0 spiro atoms. The van der Waals surface area contributed by atoms with Crippen molar-refractivity contribution in [3.05, 3.63) is 23.8 Å². The van der Waals surface area contributed by atoms with Crippen LogP contribution in [0, 0.1) is 0 Å². The maximum absolute atomic E-state index is 12.3. The Bertz CT molecular complexity index is 518. The number of carbonyl (C=O) groups is 1. The van der Waals surface area contributed by atoms with Crippen molar-refractivity contribution in [2.75, 3.05) is 0 Å². The molecule has 0 aromatic carbocycles. The zero-order chi connectivity index (χ0) is 11.1. The first-order chi connectivity index (χ1) is 7.02. The van der Waals surface area contributed by atoms with E-state index >= 15 is 0 Å². The van der Waals surface area contributed by atoms with Gasteiger partial charge in [0.05, 0.1) is 0 Å². The number of fused-ring (bicyclic) bond motifs is 1. The van der Waals surface area contributed by atoms with E-state index in [1.54, 1.807) is 0 Å². The summed E-state index contributed by atoms with van der Waals surface area (Å²) in [5, 5.41) is 6.18. The topological polar surface area (TPSA) is 60.2 Å². The van der Waals surface area contributed by atoms with Crippen molar-refractivity contribution < 1.29 is 18.0 Å². The predicted octanol–water partition coefficient (Wildman–Crippen LogP) is 0.956. The van der Waals surface area contributed by atoms with Crippen LogP contribution in [0.1, 0.15) is 16.2 Å². The van der Waals surface area contributed by atoms with Gasteiger partial charge in [-0.15, -0.1) is 10.2 Å². The third-order valence-electron chi connectivity index (χ3n) is 1.67. The fraction of sp³-hybridized carbons (Fsp3) is 0.143. The van der Waals surface area contributed by atoms with Crippen LogP contribution >= 0.6 is 0 Å². The van der Waals surface area contributed by atoms with Crippen LogP contribution in [0.15, 0.2) is 12.4 Å². The highest BCUT2D eigenvalue weighted by Gasteiger charge is 2.37. The number of aromatic nitrogens is 4. The quantitative estimate of drug-likeness (QED) is 0.666. The van der Waals surface area contributed by atoms with E-state index in [1.807, 2.05) is 0 Å². The summed E-state index contributed by atoms with van der Waals surface area (Å²) in [7, 11) is 0. The van der Waals surface area contributed by atoms with Crippen molar-refractivity contribution in [2.45, 2.75) is 6.18 Å². The van der Waals surface area contributed by atoms with Crippen molar-refractivity contribution in [3.8, 4) is 0 Å². The number of aldehydes is 1. The summed E-state index contributed by atoms with van der Waals surface area (Å²) in [5.74, 6) is -1.40. The molecule has 2 heterocycles. The first-order valence-electron chi connectivity index (χ1n) is 3.75. The van der Waals surface area contributed by atoms with Crippen LogP contribution in [-0.2, 0) is 6.18 Å². The molecule has 2 aromatic rings. The molecule has 0 aliphatic carbocycles. The van der Waals surface area contributed by atoms with Crippen molar-refractivity contribution in [1.29, 1.82) is 0 Å². The molecule has 5 nitrogen and oxygen atoms in total. The minimum absolute atomic E-state index is 0.0211. The summed E-state index contributed by atoms with van der Waals surface area (Å²) in [5.41, 5.74) is 0.0211. The molecule has 2 rings (SSSR count). The van der Waals surface area contributed by atoms with E-state index in [0.29, 0.717) is 10.7 Å². The van der Waals surface area contributed by atoms with E-state index in [-0.39, 0.29) is 11.3 Å².